The van der Waals surface area contributed by atoms with Crippen LogP contribution in [0.5, 0.6) is 0 Å². The third kappa shape index (κ3) is 2.46. The maximum atomic E-state index is 12.3. The van der Waals surface area contributed by atoms with Crippen LogP contribution in [-0.2, 0) is 0 Å². The van der Waals surface area contributed by atoms with Gasteiger partial charge in [-0.3, -0.25) is 9.78 Å². The van der Waals surface area contributed by atoms with E-state index in [2.05, 4.69) is 26.2 Å². The maximum absolute atomic E-state index is 12.3. The van der Waals surface area contributed by atoms with Crippen LogP contribution in [0.25, 0.3) is 10.9 Å². The Morgan fingerprint density at radius 2 is 2.10 bits per heavy atom. The van der Waals surface area contributed by atoms with Crippen molar-refractivity contribution in [1.82, 2.24) is 4.98 Å². The average molecular weight is 347 g/mol. The number of thiophene rings is 1. The van der Waals surface area contributed by atoms with Crippen LogP contribution in [0.1, 0.15) is 15.4 Å². The Kier molecular flexibility index (Phi) is 3.54. The standard InChI is InChI=1S/C15H11BrN2OS/c1-9-8-13(10-4-2-3-5-12(10)17-9)18-15(19)14-11(16)6-7-20-14/h2-8H,1H3,(H,17,18,19). The van der Waals surface area contributed by atoms with E-state index in [4.69, 9.17) is 0 Å². The quantitative estimate of drug-likeness (QED) is 0.735. The smallest absolute Gasteiger partial charge is 0.266 e. The first-order valence-electron chi connectivity index (χ1n) is 6.06. The minimum atomic E-state index is -0.109. The zero-order valence-corrected chi connectivity index (χ0v) is 13.1. The molecule has 3 nitrogen and oxygen atoms in total. The van der Waals surface area contributed by atoms with Gasteiger partial charge in [0.2, 0.25) is 0 Å². The molecule has 0 saturated carbocycles. The number of aromatic nitrogens is 1. The lowest BCUT2D eigenvalue weighted by molar-refractivity contribution is 0.103. The molecule has 1 aromatic carbocycles. The van der Waals surface area contributed by atoms with Gasteiger partial charge in [-0.05, 0) is 46.4 Å². The number of halogens is 1. The molecule has 3 aromatic rings. The molecule has 0 atom stereocenters. The number of anilines is 1. The Morgan fingerprint density at radius 1 is 1.30 bits per heavy atom. The Morgan fingerprint density at radius 3 is 2.85 bits per heavy atom. The summed E-state index contributed by atoms with van der Waals surface area (Å²) in [7, 11) is 0. The molecule has 3 rings (SSSR count). The Hall–Kier alpha value is -1.72. The van der Waals surface area contributed by atoms with Crippen molar-refractivity contribution in [3.05, 3.63) is 56.8 Å². The fourth-order valence-corrected chi connectivity index (χ4v) is 3.49. The van der Waals surface area contributed by atoms with Crippen LogP contribution in [0.15, 0.2) is 46.3 Å². The van der Waals surface area contributed by atoms with Gasteiger partial charge in [-0.25, -0.2) is 0 Å². The van der Waals surface area contributed by atoms with Crippen molar-refractivity contribution in [3.63, 3.8) is 0 Å². The molecule has 0 unspecified atom stereocenters. The molecular formula is C15H11BrN2OS. The van der Waals surface area contributed by atoms with Crippen LogP contribution in [0.3, 0.4) is 0 Å². The van der Waals surface area contributed by atoms with E-state index in [1.165, 1.54) is 11.3 Å². The fourth-order valence-electron chi connectivity index (χ4n) is 2.05. The fraction of sp³-hybridized carbons (Fsp3) is 0.0667. The Labute approximate surface area is 128 Å². The molecule has 0 aliphatic carbocycles. The summed E-state index contributed by atoms with van der Waals surface area (Å²) in [6.07, 6.45) is 0. The van der Waals surface area contributed by atoms with E-state index in [0.29, 0.717) is 4.88 Å². The van der Waals surface area contributed by atoms with Gasteiger partial charge in [-0.15, -0.1) is 11.3 Å². The van der Waals surface area contributed by atoms with Gasteiger partial charge in [-0.2, -0.15) is 0 Å². The number of hydrogen-bond acceptors (Lipinski definition) is 3. The number of benzene rings is 1. The summed E-state index contributed by atoms with van der Waals surface area (Å²) < 4.78 is 0.815. The highest BCUT2D eigenvalue weighted by molar-refractivity contribution is 9.10. The Balaban J connectivity index is 2.03. The van der Waals surface area contributed by atoms with Crippen LogP contribution in [-0.4, -0.2) is 10.9 Å². The van der Waals surface area contributed by atoms with E-state index < -0.39 is 0 Å². The monoisotopic (exact) mass is 346 g/mol. The number of nitrogens with zero attached hydrogens (tertiary/aromatic N) is 1. The van der Waals surface area contributed by atoms with Crippen molar-refractivity contribution in [2.75, 3.05) is 5.32 Å². The van der Waals surface area contributed by atoms with Crippen molar-refractivity contribution >= 4 is 49.8 Å². The summed E-state index contributed by atoms with van der Waals surface area (Å²) in [5, 5.41) is 5.80. The zero-order valence-electron chi connectivity index (χ0n) is 10.7. The third-order valence-electron chi connectivity index (χ3n) is 2.92. The minimum Gasteiger partial charge on any atom is -0.321 e. The van der Waals surface area contributed by atoms with Gasteiger partial charge in [0.05, 0.1) is 11.2 Å². The first-order chi connectivity index (χ1) is 9.65. The second kappa shape index (κ2) is 5.34. The first kappa shape index (κ1) is 13.3. The van der Waals surface area contributed by atoms with Gasteiger partial charge in [0.1, 0.15) is 4.88 Å². The molecule has 20 heavy (non-hydrogen) atoms. The summed E-state index contributed by atoms with van der Waals surface area (Å²) in [5.41, 5.74) is 2.55. The van der Waals surface area contributed by atoms with E-state index in [-0.39, 0.29) is 5.91 Å². The van der Waals surface area contributed by atoms with E-state index in [1.807, 2.05) is 48.7 Å². The Bertz CT molecular complexity index is 797. The molecule has 0 saturated heterocycles. The number of carbonyl (C=O) groups excluding carboxylic acids is 1. The SMILES string of the molecule is Cc1cc(NC(=O)c2sccc2Br)c2ccccc2n1. The highest BCUT2D eigenvalue weighted by atomic mass is 79.9. The number of aryl methyl sites for hydroxylation is 1. The van der Waals surface area contributed by atoms with Crippen molar-refractivity contribution in [3.8, 4) is 0 Å². The van der Waals surface area contributed by atoms with Crippen LogP contribution in [0, 0.1) is 6.92 Å². The molecule has 100 valence electrons. The molecule has 1 N–H and O–H groups in total. The molecule has 0 aliphatic rings. The molecule has 0 fully saturated rings. The van der Waals surface area contributed by atoms with Gasteiger partial charge in [-0.1, -0.05) is 18.2 Å². The van der Waals surface area contributed by atoms with Crippen LogP contribution < -0.4 is 5.32 Å². The first-order valence-corrected chi connectivity index (χ1v) is 7.73. The van der Waals surface area contributed by atoms with E-state index in [1.54, 1.807) is 0 Å². The number of rotatable bonds is 2. The van der Waals surface area contributed by atoms with Crippen molar-refractivity contribution in [1.29, 1.82) is 0 Å². The molecule has 0 aliphatic heterocycles. The molecule has 2 heterocycles. The predicted octanol–water partition coefficient (Wildman–Crippen LogP) is 4.62. The molecule has 5 heteroatoms. The lowest BCUT2D eigenvalue weighted by Crippen LogP contribution is -2.11. The van der Waals surface area contributed by atoms with Crippen LogP contribution >= 0.6 is 27.3 Å². The molecule has 0 bridgehead atoms. The van der Waals surface area contributed by atoms with Crippen LogP contribution in [0.4, 0.5) is 5.69 Å². The van der Waals surface area contributed by atoms with Gasteiger partial charge in [0.15, 0.2) is 0 Å². The van der Waals surface area contributed by atoms with E-state index >= 15 is 0 Å². The number of pyridine rings is 1. The summed E-state index contributed by atoms with van der Waals surface area (Å²) in [6.45, 7) is 1.92. The number of carbonyl (C=O) groups is 1. The average Bonchev–Trinajstić information content (AvgIpc) is 2.85. The summed E-state index contributed by atoms with van der Waals surface area (Å²) in [6, 6.07) is 11.5. The maximum Gasteiger partial charge on any atom is 0.266 e. The predicted molar refractivity (Wildman–Crippen MR) is 86.5 cm³/mol. The van der Waals surface area contributed by atoms with Crippen molar-refractivity contribution in [2.45, 2.75) is 6.92 Å². The van der Waals surface area contributed by atoms with Gasteiger partial charge >= 0.3 is 0 Å². The van der Waals surface area contributed by atoms with Gasteiger partial charge in [0.25, 0.3) is 5.91 Å². The topological polar surface area (TPSA) is 42.0 Å². The summed E-state index contributed by atoms with van der Waals surface area (Å²) in [4.78, 5) is 17.4. The van der Waals surface area contributed by atoms with Crippen molar-refractivity contribution < 1.29 is 4.79 Å². The number of para-hydroxylation sites is 1. The summed E-state index contributed by atoms with van der Waals surface area (Å²) >= 11 is 4.79. The van der Waals surface area contributed by atoms with Gasteiger partial charge in [0, 0.05) is 15.6 Å². The summed E-state index contributed by atoms with van der Waals surface area (Å²) in [5.74, 6) is -0.109. The van der Waals surface area contributed by atoms with E-state index in [9.17, 15) is 4.79 Å². The molecule has 0 spiro atoms. The highest BCUT2D eigenvalue weighted by Crippen LogP contribution is 2.27. The molecular weight excluding hydrogens is 336 g/mol. The number of hydrogen-bond donors (Lipinski definition) is 1. The largest absolute Gasteiger partial charge is 0.321 e. The zero-order chi connectivity index (χ0) is 14.1. The molecule has 1 amide bonds. The number of fused-ring (bicyclic) bond motifs is 1. The molecule has 0 radical (unpaired) electrons. The second-order valence-electron chi connectivity index (χ2n) is 4.38. The van der Waals surface area contributed by atoms with Crippen LogP contribution in [0.2, 0.25) is 0 Å². The molecule has 2 aromatic heterocycles. The third-order valence-corrected chi connectivity index (χ3v) is 4.75. The normalized spacial score (nSPS) is 10.7. The highest BCUT2D eigenvalue weighted by Gasteiger charge is 2.13. The second-order valence-corrected chi connectivity index (χ2v) is 6.15. The number of nitrogens with one attached hydrogen (secondary N) is 1. The van der Waals surface area contributed by atoms with Crippen molar-refractivity contribution in [2.24, 2.45) is 0 Å². The lowest BCUT2D eigenvalue weighted by atomic mass is 10.1. The van der Waals surface area contributed by atoms with Gasteiger partial charge < -0.3 is 5.32 Å². The minimum absolute atomic E-state index is 0.109. The number of amides is 1. The lowest BCUT2D eigenvalue weighted by Gasteiger charge is -2.09. The van der Waals surface area contributed by atoms with E-state index in [0.717, 1.165) is 26.8 Å².